The number of rotatable bonds is 2. The zero-order chi connectivity index (χ0) is 10.7. The predicted octanol–water partition coefficient (Wildman–Crippen LogP) is 2.29. The maximum absolute atomic E-state index is 9.16. The molecular weight excluding hydrogens is 212 g/mol. The quantitative estimate of drug-likeness (QED) is 0.790. The molecule has 76 valence electrons. The fraction of sp³-hybridized carbons (Fsp3) is 0.0909. The summed E-state index contributed by atoms with van der Waals surface area (Å²) in [4.78, 5) is 8.07. The molecule has 15 heavy (non-hydrogen) atoms. The molecule has 2 aromatic rings. The number of hydrogen-bond acceptors (Lipinski definition) is 3. The Kier molecular flexibility index (Phi) is 2.94. The molecule has 0 atom stereocenters. The van der Waals surface area contributed by atoms with Crippen molar-refractivity contribution in [1.29, 1.82) is 0 Å². The van der Waals surface area contributed by atoms with Gasteiger partial charge in [-0.3, -0.25) is 4.98 Å². The van der Waals surface area contributed by atoms with E-state index in [4.69, 9.17) is 16.7 Å². The van der Waals surface area contributed by atoms with Crippen LogP contribution in [0.1, 0.15) is 5.69 Å². The number of aromatic nitrogens is 2. The first-order chi connectivity index (χ1) is 7.31. The maximum atomic E-state index is 9.16. The molecular formula is C11H9ClN2O. The van der Waals surface area contributed by atoms with Crippen LogP contribution in [-0.2, 0) is 6.61 Å². The summed E-state index contributed by atoms with van der Waals surface area (Å²) in [6.45, 7) is -0.134. The highest BCUT2D eigenvalue weighted by molar-refractivity contribution is 6.29. The minimum Gasteiger partial charge on any atom is -0.390 e. The molecule has 2 aromatic heterocycles. The number of aliphatic hydroxyl groups is 1. The molecule has 0 aliphatic carbocycles. The van der Waals surface area contributed by atoms with Gasteiger partial charge in [-0.1, -0.05) is 17.7 Å². The minimum atomic E-state index is -0.134. The van der Waals surface area contributed by atoms with Gasteiger partial charge >= 0.3 is 0 Å². The van der Waals surface area contributed by atoms with Crippen LogP contribution in [0.25, 0.3) is 11.1 Å². The van der Waals surface area contributed by atoms with Crippen LogP contribution < -0.4 is 0 Å². The number of hydrogen-bond donors (Lipinski definition) is 1. The molecule has 4 heteroatoms. The Bertz CT molecular complexity index is 459. The maximum Gasteiger partial charge on any atom is 0.129 e. The second-order valence-electron chi connectivity index (χ2n) is 3.03. The summed E-state index contributed by atoms with van der Waals surface area (Å²) in [7, 11) is 0. The molecule has 0 bridgehead atoms. The van der Waals surface area contributed by atoms with Crippen LogP contribution in [0, 0.1) is 0 Å². The zero-order valence-corrected chi connectivity index (χ0v) is 8.65. The molecule has 0 saturated heterocycles. The monoisotopic (exact) mass is 220 g/mol. The number of pyridine rings is 2. The number of halogens is 1. The first kappa shape index (κ1) is 10.1. The summed E-state index contributed by atoms with van der Waals surface area (Å²) >= 11 is 5.75. The highest BCUT2D eigenvalue weighted by Gasteiger charge is 2.06. The van der Waals surface area contributed by atoms with Crippen LogP contribution in [0.5, 0.6) is 0 Å². The predicted molar refractivity (Wildman–Crippen MR) is 58.4 cm³/mol. The molecule has 1 N–H and O–H groups in total. The average molecular weight is 221 g/mol. The van der Waals surface area contributed by atoms with E-state index in [1.807, 2.05) is 18.2 Å². The lowest BCUT2D eigenvalue weighted by Crippen LogP contribution is -1.94. The van der Waals surface area contributed by atoms with E-state index in [0.29, 0.717) is 10.8 Å². The summed E-state index contributed by atoms with van der Waals surface area (Å²) in [5.41, 5.74) is 2.34. The molecule has 0 aliphatic rings. The third-order valence-electron chi connectivity index (χ3n) is 2.06. The van der Waals surface area contributed by atoms with Gasteiger partial charge in [-0.15, -0.1) is 0 Å². The molecule has 3 nitrogen and oxygen atoms in total. The molecule has 0 aliphatic heterocycles. The Labute approximate surface area is 92.4 Å². The molecule has 2 rings (SSSR count). The summed E-state index contributed by atoms with van der Waals surface area (Å²) in [5, 5.41) is 9.54. The van der Waals surface area contributed by atoms with Crippen LogP contribution >= 0.6 is 11.6 Å². The molecule has 0 radical (unpaired) electrons. The standard InChI is InChI=1S/C11H9ClN2O/c12-11-4-3-9(10(7-15)14-11)8-2-1-5-13-6-8/h1-6,15H,7H2. The molecule has 0 aromatic carbocycles. The van der Waals surface area contributed by atoms with Gasteiger partial charge < -0.3 is 5.11 Å². The van der Waals surface area contributed by atoms with Crippen LogP contribution in [0.4, 0.5) is 0 Å². The van der Waals surface area contributed by atoms with Gasteiger partial charge in [0.05, 0.1) is 12.3 Å². The van der Waals surface area contributed by atoms with E-state index in [1.54, 1.807) is 18.5 Å². The van der Waals surface area contributed by atoms with E-state index < -0.39 is 0 Å². The van der Waals surface area contributed by atoms with Crippen molar-refractivity contribution in [3.8, 4) is 11.1 Å². The van der Waals surface area contributed by atoms with Gasteiger partial charge in [0.2, 0.25) is 0 Å². The van der Waals surface area contributed by atoms with Gasteiger partial charge in [-0.05, 0) is 18.2 Å². The van der Waals surface area contributed by atoms with Crippen molar-refractivity contribution in [2.75, 3.05) is 0 Å². The van der Waals surface area contributed by atoms with Gasteiger partial charge in [-0.2, -0.15) is 0 Å². The van der Waals surface area contributed by atoms with Crippen molar-refractivity contribution in [2.24, 2.45) is 0 Å². The van der Waals surface area contributed by atoms with Crippen molar-refractivity contribution in [1.82, 2.24) is 9.97 Å². The minimum absolute atomic E-state index is 0.134. The van der Waals surface area contributed by atoms with Gasteiger partial charge in [-0.25, -0.2) is 4.98 Å². The SMILES string of the molecule is OCc1nc(Cl)ccc1-c1cccnc1. The Morgan fingerprint density at radius 2 is 2.13 bits per heavy atom. The van der Waals surface area contributed by atoms with E-state index in [2.05, 4.69) is 9.97 Å². The smallest absolute Gasteiger partial charge is 0.129 e. The molecule has 2 heterocycles. The molecule has 0 spiro atoms. The highest BCUT2D eigenvalue weighted by atomic mass is 35.5. The van der Waals surface area contributed by atoms with Crippen LogP contribution in [0.15, 0.2) is 36.7 Å². The summed E-state index contributed by atoms with van der Waals surface area (Å²) in [6, 6.07) is 7.28. The van der Waals surface area contributed by atoms with E-state index in [1.165, 1.54) is 0 Å². The fourth-order valence-electron chi connectivity index (χ4n) is 1.38. The highest BCUT2D eigenvalue weighted by Crippen LogP contribution is 2.23. The van der Waals surface area contributed by atoms with Crippen LogP contribution in [0.2, 0.25) is 5.15 Å². The van der Waals surface area contributed by atoms with Gasteiger partial charge in [0.15, 0.2) is 0 Å². The largest absolute Gasteiger partial charge is 0.390 e. The Morgan fingerprint density at radius 3 is 2.80 bits per heavy atom. The normalized spacial score (nSPS) is 10.3. The van der Waals surface area contributed by atoms with E-state index in [-0.39, 0.29) is 6.61 Å². The first-order valence-electron chi connectivity index (χ1n) is 4.48. The lowest BCUT2D eigenvalue weighted by molar-refractivity contribution is 0.277. The van der Waals surface area contributed by atoms with Crippen molar-refractivity contribution in [2.45, 2.75) is 6.61 Å². The second kappa shape index (κ2) is 4.38. The van der Waals surface area contributed by atoms with Gasteiger partial charge in [0.25, 0.3) is 0 Å². The van der Waals surface area contributed by atoms with Crippen molar-refractivity contribution < 1.29 is 5.11 Å². The van der Waals surface area contributed by atoms with Crippen molar-refractivity contribution >= 4 is 11.6 Å². The topological polar surface area (TPSA) is 46.0 Å². The molecule has 0 amide bonds. The van der Waals surface area contributed by atoms with E-state index in [9.17, 15) is 0 Å². The molecule has 0 unspecified atom stereocenters. The van der Waals surface area contributed by atoms with E-state index in [0.717, 1.165) is 11.1 Å². The fourth-order valence-corrected chi connectivity index (χ4v) is 1.55. The van der Waals surface area contributed by atoms with Crippen LogP contribution in [0.3, 0.4) is 0 Å². The summed E-state index contributed by atoms with van der Waals surface area (Å²) < 4.78 is 0. The van der Waals surface area contributed by atoms with Gasteiger partial charge in [0.1, 0.15) is 5.15 Å². The Morgan fingerprint density at radius 1 is 1.27 bits per heavy atom. The number of nitrogens with zero attached hydrogens (tertiary/aromatic N) is 2. The Hall–Kier alpha value is -1.45. The average Bonchev–Trinajstić information content (AvgIpc) is 2.30. The summed E-state index contributed by atoms with van der Waals surface area (Å²) in [5.74, 6) is 0. The molecule has 0 fully saturated rings. The van der Waals surface area contributed by atoms with Crippen molar-refractivity contribution in [3.63, 3.8) is 0 Å². The lowest BCUT2D eigenvalue weighted by Gasteiger charge is -2.06. The zero-order valence-electron chi connectivity index (χ0n) is 7.89. The summed E-state index contributed by atoms with van der Waals surface area (Å²) in [6.07, 6.45) is 3.43. The first-order valence-corrected chi connectivity index (χ1v) is 4.86. The molecule has 0 saturated carbocycles. The van der Waals surface area contributed by atoms with Crippen LogP contribution in [-0.4, -0.2) is 15.1 Å². The number of aliphatic hydroxyl groups excluding tert-OH is 1. The van der Waals surface area contributed by atoms with Crippen molar-refractivity contribution in [3.05, 3.63) is 47.5 Å². The van der Waals surface area contributed by atoms with E-state index >= 15 is 0 Å². The van der Waals surface area contributed by atoms with Gasteiger partial charge in [0, 0.05) is 23.5 Å². The third-order valence-corrected chi connectivity index (χ3v) is 2.27. The Balaban J connectivity index is 2.53. The third kappa shape index (κ3) is 2.14. The lowest BCUT2D eigenvalue weighted by atomic mass is 10.1. The second-order valence-corrected chi connectivity index (χ2v) is 3.42.